The summed E-state index contributed by atoms with van der Waals surface area (Å²) in [7, 11) is 0. The molecule has 1 heterocycles. The van der Waals surface area contributed by atoms with E-state index in [1.54, 1.807) is 0 Å². The summed E-state index contributed by atoms with van der Waals surface area (Å²) >= 11 is 0. The maximum Gasteiger partial charge on any atom is 0.0572 e. The molecule has 0 bridgehead atoms. The average molecular weight is 237 g/mol. The van der Waals surface area contributed by atoms with Crippen LogP contribution in [0.4, 0.5) is 5.69 Å². The zero-order valence-electron chi connectivity index (χ0n) is 10.8. The maximum atomic E-state index is 8.85. The van der Waals surface area contributed by atoms with E-state index in [-0.39, 0.29) is 12.6 Å². The fourth-order valence-corrected chi connectivity index (χ4v) is 1.74. The SMILES string of the molecule is CC[C@H](N)c1ccc(N(CC)CCCO)cn1. The van der Waals surface area contributed by atoms with Crippen LogP contribution in [0.3, 0.4) is 0 Å². The molecule has 17 heavy (non-hydrogen) atoms. The van der Waals surface area contributed by atoms with Crippen molar-refractivity contribution in [3.63, 3.8) is 0 Å². The molecule has 0 saturated heterocycles. The molecular weight excluding hydrogens is 214 g/mol. The maximum absolute atomic E-state index is 8.85. The zero-order chi connectivity index (χ0) is 12.7. The monoisotopic (exact) mass is 237 g/mol. The van der Waals surface area contributed by atoms with Crippen molar-refractivity contribution >= 4 is 5.69 Å². The molecule has 0 aliphatic heterocycles. The third-order valence-corrected chi connectivity index (χ3v) is 2.92. The van der Waals surface area contributed by atoms with Gasteiger partial charge in [-0.3, -0.25) is 4.98 Å². The van der Waals surface area contributed by atoms with Gasteiger partial charge in [0.1, 0.15) is 0 Å². The number of aliphatic hydroxyl groups is 1. The van der Waals surface area contributed by atoms with E-state index in [2.05, 4.69) is 29.8 Å². The van der Waals surface area contributed by atoms with Gasteiger partial charge in [-0.1, -0.05) is 6.92 Å². The van der Waals surface area contributed by atoms with Crippen molar-refractivity contribution < 1.29 is 5.11 Å². The van der Waals surface area contributed by atoms with Gasteiger partial charge < -0.3 is 15.7 Å². The van der Waals surface area contributed by atoms with Gasteiger partial charge in [0, 0.05) is 25.7 Å². The summed E-state index contributed by atoms with van der Waals surface area (Å²) in [5.41, 5.74) is 7.95. The Morgan fingerprint density at radius 2 is 2.18 bits per heavy atom. The first-order valence-corrected chi connectivity index (χ1v) is 6.30. The molecule has 0 radical (unpaired) electrons. The molecule has 4 nitrogen and oxygen atoms in total. The lowest BCUT2D eigenvalue weighted by Gasteiger charge is -2.22. The number of pyridine rings is 1. The Hall–Kier alpha value is -1.13. The second-order valence-corrected chi connectivity index (χ2v) is 4.11. The van der Waals surface area contributed by atoms with Crippen LogP contribution in [0.5, 0.6) is 0 Å². The lowest BCUT2D eigenvalue weighted by Crippen LogP contribution is -2.25. The summed E-state index contributed by atoms with van der Waals surface area (Å²) < 4.78 is 0. The minimum Gasteiger partial charge on any atom is -0.396 e. The molecule has 4 heteroatoms. The first-order valence-electron chi connectivity index (χ1n) is 6.30. The fraction of sp³-hybridized carbons (Fsp3) is 0.615. The molecule has 3 N–H and O–H groups in total. The highest BCUT2D eigenvalue weighted by Gasteiger charge is 2.07. The van der Waals surface area contributed by atoms with Gasteiger partial charge in [0.15, 0.2) is 0 Å². The Morgan fingerprint density at radius 1 is 1.41 bits per heavy atom. The van der Waals surface area contributed by atoms with E-state index in [0.717, 1.165) is 37.3 Å². The van der Waals surface area contributed by atoms with Crippen molar-refractivity contribution in [3.8, 4) is 0 Å². The summed E-state index contributed by atoms with van der Waals surface area (Å²) in [6.45, 7) is 6.15. The highest BCUT2D eigenvalue weighted by atomic mass is 16.3. The fourth-order valence-electron chi connectivity index (χ4n) is 1.74. The summed E-state index contributed by atoms with van der Waals surface area (Å²) in [6.07, 6.45) is 3.55. The topological polar surface area (TPSA) is 62.4 Å². The van der Waals surface area contributed by atoms with E-state index < -0.39 is 0 Å². The smallest absolute Gasteiger partial charge is 0.0572 e. The van der Waals surface area contributed by atoms with Crippen LogP contribution in [0.2, 0.25) is 0 Å². The van der Waals surface area contributed by atoms with Crippen molar-refractivity contribution in [1.82, 2.24) is 4.98 Å². The number of rotatable bonds is 7. The van der Waals surface area contributed by atoms with E-state index >= 15 is 0 Å². The summed E-state index contributed by atoms with van der Waals surface area (Å²) in [4.78, 5) is 6.60. The minimum atomic E-state index is 0.0246. The zero-order valence-corrected chi connectivity index (χ0v) is 10.8. The Balaban J connectivity index is 2.70. The van der Waals surface area contributed by atoms with Crippen LogP contribution in [0.25, 0.3) is 0 Å². The average Bonchev–Trinajstić information content (AvgIpc) is 2.39. The number of hydrogen-bond donors (Lipinski definition) is 2. The first kappa shape index (κ1) is 13.9. The second kappa shape index (κ2) is 7.25. The van der Waals surface area contributed by atoms with Gasteiger partial charge in [-0.15, -0.1) is 0 Å². The number of aromatic nitrogens is 1. The van der Waals surface area contributed by atoms with Crippen LogP contribution < -0.4 is 10.6 Å². The standard InChI is InChI=1S/C13H23N3O/c1-3-12(14)13-7-6-11(10-15-13)16(4-2)8-5-9-17/h6-7,10,12,17H,3-5,8-9,14H2,1-2H3/t12-/m0/s1. The molecule has 1 aromatic heterocycles. The Bertz CT molecular complexity index is 313. The predicted octanol–water partition coefficient (Wildman–Crippen LogP) is 1.70. The van der Waals surface area contributed by atoms with Gasteiger partial charge >= 0.3 is 0 Å². The lowest BCUT2D eigenvalue weighted by atomic mass is 10.1. The van der Waals surface area contributed by atoms with Gasteiger partial charge in [-0.2, -0.15) is 0 Å². The number of hydrogen-bond acceptors (Lipinski definition) is 4. The van der Waals surface area contributed by atoms with Gasteiger partial charge in [-0.05, 0) is 31.9 Å². The molecule has 1 aromatic rings. The van der Waals surface area contributed by atoms with Crippen LogP contribution in [0.15, 0.2) is 18.3 Å². The van der Waals surface area contributed by atoms with Gasteiger partial charge in [0.25, 0.3) is 0 Å². The molecule has 96 valence electrons. The van der Waals surface area contributed by atoms with E-state index in [9.17, 15) is 0 Å². The van der Waals surface area contributed by atoms with Crippen LogP contribution in [-0.4, -0.2) is 29.8 Å². The van der Waals surface area contributed by atoms with Gasteiger partial charge in [0.05, 0.1) is 17.6 Å². The molecule has 1 atom stereocenters. The van der Waals surface area contributed by atoms with Crippen molar-refractivity contribution in [2.75, 3.05) is 24.6 Å². The van der Waals surface area contributed by atoms with Crippen LogP contribution >= 0.6 is 0 Å². The quantitative estimate of drug-likeness (QED) is 0.757. The highest BCUT2D eigenvalue weighted by Crippen LogP contribution is 2.17. The van der Waals surface area contributed by atoms with Crippen molar-refractivity contribution in [3.05, 3.63) is 24.0 Å². The number of nitrogens with zero attached hydrogens (tertiary/aromatic N) is 2. The molecule has 0 aliphatic carbocycles. The molecule has 0 aromatic carbocycles. The molecular formula is C13H23N3O. The molecule has 0 spiro atoms. The Morgan fingerprint density at radius 3 is 2.65 bits per heavy atom. The van der Waals surface area contributed by atoms with Crippen LogP contribution in [0.1, 0.15) is 38.4 Å². The molecule has 0 amide bonds. The summed E-state index contributed by atoms with van der Waals surface area (Å²) in [5.74, 6) is 0. The normalized spacial score (nSPS) is 12.5. The molecule has 1 rings (SSSR count). The largest absolute Gasteiger partial charge is 0.396 e. The van der Waals surface area contributed by atoms with Gasteiger partial charge in [-0.25, -0.2) is 0 Å². The number of nitrogens with two attached hydrogens (primary N) is 1. The summed E-state index contributed by atoms with van der Waals surface area (Å²) in [6, 6.07) is 4.07. The van der Waals surface area contributed by atoms with Crippen molar-refractivity contribution in [2.24, 2.45) is 5.73 Å². The van der Waals surface area contributed by atoms with E-state index in [1.165, 1.54) is 0 Å². The van der Waals surface area contributed by atoms with Crippen molar-refractivity contribution in [2.45, 2.75) is 32.7 Å². The van der Waals surface area contributed by atoms with Gasteiger partial charge in [0.2, 0.25) is 0 Å². The van der Waals surface area contributed by atoms with Crippen LogP contribution in [-0.2, 0) is 0 Å². The second-order valence-electron chi connectivity index (χ2n) is 4.11. The Kier molecular flexibility index (Phi) is 5.94. The lowest BCUT2D eigenvalue weighted by molar-refractivity contribution is 0.289. The van der Waals surface area contributed by atoms with E-state index in [0.29, 0.717) is 0 Å². The van der Waals surface area contributed by atoms with E-state index in [1.807, 2.05) is 12.3 Å². The first-order chi connectivity index (χ1) is 8.22. The third kappa shape index (κ3) is 3.98. The molecule has 0 unspecified atom stereocenters. The number of aliphatic hydroxyl groups excluding tert-OH is 1. The third-order valence-electron chi connectivity index (χ3n) is 2.92. The minimum absolute atomic E-state index is 0.0246. The molecule has 0 saturated carbocycles. The predicted molar refractivity (Wildman–Crippen MR) is 71.0 cm³/mol. The summed E-state index contributed by atoms with van der Waals surface area (Å²) in [5, 5.41) is 8.85. The van der Waals surface area contributed by atoms with Crippen molar-refractivity contribution in [1.29, 1.82) is 0 Å². The number of anilines is 1. The van der Waals surface area contributed by atoms with E-state index in [4.69, 9.17) is 10.8 Å². The van der Waals surface area contributed by atoms with Crippen LogP contribution in [0, 0.1) is 0 Å². The molecule has 0 fully saturated rings. The Labute approximate surface area is 103 Å². The molecule has 0 aliphatic rings. The highest BCUT2D eigenvalue weighted by molar-refractivity contribution is 5.44.